The zero-order valence-corrected chi connectivity index (χ0v) is 43.4. The smallest absolute Gasteiger partial charge is 0.252 e. The SMILES string of the molecule is c1ccc(-c2cc3c4c(c2)N(c2ccccc2-c2ccccc2)c2cc5c(cc2B4c2cc4sc6ccc(-c7ccccc7)cc6c4cc2N3c2ccccc2-c2ccccc2)sc2ccc(-c3ccccc3)cc25)cc1. The Balaban J connectivity index is 1.05. The van der Waals surface area contributed by atoms with Crippen molar-refractivity contribution in [1.82, 2.24) is 0 Å². The second kappa shape index (κ2) is 17.7. The van der Waals surface area contributed by atoms with E-state index in [9.17, 15) is 0 Å². The van der Waals surface area contributed by atoms with Gasteiger partial charge >= 0.3 is 0 Å². The van der Waals surface area contributed by atoms with Crippen LogP contribution in [0.3, 0.4) is 0 Å². The summed E-state index contributed by atoms with van der Waals surface area (Å²) >= 11 is 3.82. The predicted molar refractivity (Wildman–Crippen MR) is 333 cm³/mol. The highest BCUT2D eigenvalue weighted by Crippen LogP contribution is 2.52. The lowest BCUT2D eigenvalue weighted by Crippen LogP contribution is -2.61. The first-order chi connectivity index (χ1) is 38.2. The van der Waals surface area contributed by atoms with Crippen LogP contribution >= 0.6 is 22.7 Å². The van der Waals surface area contributed by atoms with Crippen molar-refractivity contribution >= 4 is 120 Å². The predicted octanol–water partition coefficient (Wildman–Crippen LogP) is 18.8. The zero-order valence-electron chi connectivity index (χ0n) is 41.8. The molecule has 0 fully saturated rings. The Hall–Kier alpha value is -9.26. The molecule has 2 nitrogen and oxygen atoms in total. The number of hydrogen-bond donors (Lipinski definition) is 0. The molecule has 0 atom stereocenters. The number of anilines is 6. The van der Waals surface area contributed by atoms with E-state index >= 15 is 0 Å². The lowest BCUT2D eigenvalue weighted by atomic mass is 9.33. The van der Waals surface area contributed by atoms with Crippen LogP contribution in [0.5, 0.6) is 0 Å². The van der Waals surface area contributed by atoms with Crippen LogP contribution in [0, 0.1) is 0 Å². The molecule has 5 heteroatoms. The summed E-state index contributed by atoms with van der Waals surface area (Å²) < 4.78 is 5.16. The maximum Gasteiger partial charge on any atom is 0.252 e. The highest BCUT2D eigenvalue weighted by molar-refractivity contribution is 7.26. The van der Waals surface area contributed by atoms with Gasteiger partial charge in [0, 0.05) is 74.2 Å². The largest absolute Gasteiger partial charge is 0.311 e. The van der Waals surface area contributed by atoms with Crippen molar-refractivity contribution in [1.29, 1.82) is 0 Å². The fourth-order valence-electron chi connectivity index (χ4n) is 12.5. The van der Waals surface area contributed by atoms with E-state index in [1.807, 2.05) is 22.7 Å². The highest BCUT2D eigenvalue weighted by Gasteiger charge is 2.45. The third-order valence-corrected chi connectivity index (χ3v) is 18.3. The van der Waals surface area contributed by atoms with Gasteiger partial charge in [0.15, 0.2) is 0 Å². The molecule has 14 aromatic rings. The van der Waals surface area contributed by atoms with E-state index in [0.29, 0.717) is 0 Å². The second-order valence-electron chi connectivity index (χ2n) is 20.3. The summed E-state index contributed by atoms with van der Waals surface area (Å²) in [4.78, 5) is 5.25. The Morgan fingerprint density at radius 2 is 0.584 bits per heavy atom. The fourth-order valence-corrected chi connectivity index (χ4v) is 14.8. The fraction of sp³-hybridized carbons (Fsp3) is 0. The quantitative estimate of drug-likeness (QED) is 0.147. The number of thiophene rings is 2. The Morgan fingerprint density at radius 1 is 0.234 bits per heavy atom. The second-order valence-corrected chi connectivity index (χ2v) is 22.5. The summed E-state index contributed by atoms with van der Waals surface area (Å²) in [5.41, 5.74) is 22.9. The number of nitrogens with zero attached hydrogens (tertiary/aromatic N) is 2. The van der Waals surface area contributed by atoms with E-state index in [-0.39, 0.29) is 6.71 Å². The van der Waals surface area contributed by atoms with Gasteiger partial charge < -0.3 is 9.80 Å². The molecule has 0 amide bonds. The van der Waals surface area contributed by atoms with Gasteiger partial charge in [-0.3, -0.25) is 0 Å². The van der Waals surface area contributed by atoms with Crippen LogP contribution in [0.2, 0.25) is 0 Å². The summed E-state index contributed by atoms with van der Waals surface area (Å²) in [5, 5.41) is 5.11. The van der Waals surface area contributed by atoms with Gasteiger partial charge in [0.1, 0.15) is 0 Å². The molecule has 358 valence electrons. The average molecular weight is 1010 g/mol. The minimum atomic E-state index is -0.0981. The minimum Gasteiger partial charge on any atom is -0.311 e. The molecule has 0 aliphatic carbocycles. The van der Waals surface area contributed by atoms with Crippen molar-refractivity contribution in [3.05, 3.63) is 273 Å². The monoisotopic (exact) mass is 1010 g/mol. The first kappa shape index (κ1) is 44.1. The first-order valence-corrected chi connectivity index (χ1v) is 28.1. The number of fused-ring (bicyclic) bond motifs is 10. The van der Waals surface area contributed by atoms with Gasteiger partial charge in [-0.25, -0.2) is 0 Å². The molecule has 2 aromatic heterocycles. The Bertz CT molecular complexity index is 4350. The summed E-state index contributed by atoms with van der Waals surface area (Å²) in [6.07, 6.45) is 0. The van der Waals surface area contributed by atoms with Gasteiger partial charge in [-0.2, -0.15) is 0 Å². The van der Waals surface area contributed by atoms with E-state index < -0.39 is 0 Å². The summed E-state index contributed by atoms with van der Waals surface area (Å²) in [6, 6.07) is 102. The molecular formula is C72H45BN2S2. The van der Waals surface area contributed by atoms with Crippen LogP contribution in [0.1, 0.15) is 0 Å². The van der Waals surface area contributed by atoms with Crippen LogP contribution in [0.4, 0.5) is 34.1 Å². The molecule has 0 bridgehead atoms. The molecule has 77 heavy (non-hydrogen) atoms. The Morgan fingerprint density at radius 3 is 1.00 bits per heavy atom. The Kier molecular flexibility index (Phi) is 10.1. The van der Waals surface area contributed by atoms with E-state index in [0.717, 1.165) is 11.4 Å². The summed E-state index contributed by atoms with van der Waals surface area (Å²) in [6.45, 7) is -0.0981. The maximum atomic E-state index is 2.62. The van der Waals surface area contributed by atoms with Crippen LogP contribution in [0.15, 0.2) is 273 Å². The van der Waals surface area contributed by atoms with E-state index in [1.54, 1.807) is 0 Å². The van der Waals surface area contributed by atoms with Crippen molar-refractivity contribution in [2.75, 3.05) is 9.80 Å². The first-order valence-electron chi connectivity index (χ1n) is 26.4. The van der Waals surface area contributed by atoms with Crippen LogP contribution in [0.25, 0.3) is 96.0 Å². The lowest BCUT2D eigenvalue weighted by molar-refractivity contribution is 1.26. The van der Waals surface area contributed by atoms with Crippen LogP contribution in [-0.2, 0) is 0 Å². The van der Waals surface area contributed by atoms with Gasteiger partial charge in [-0.15, -0.1) is 22.7 Å². The van der Waals surface area contributed by atoms with Crippen LogP contribution < -0.4 is 26.2 Å². The zero-order chi connectivity index (χ0) is 50.6. The molecule has 0 spiro atoms. The van der Waals surface area contributed by atoms with Gasteiger partial charge in [0.25, 0.3) is 6.71 Å². The van der Waals surface area contributed by atoms with Crippen molar-refractivity contribution in [2.24, 2.45) is 0 Å². The standard InChI is InChI=1S/C72H45BN2S2/c1-6-20-46(21-7-1)51-34-36-68-56(38-51)58-42-64-60(44-70(58)76-68)73-61-45-71-59(57-39-52(35-37-69(57)77-71)47-22-8-2-9-23-47)43-65(61)75(63-33-19-17-31-55(63)50-28-14-5-15-29-50)67-41-53(48-24-10-3-11-25-48)40-66(72(67)73)74(64)62-32-18-16-30-54(62)49-26-12-4-13-27-49/h1-45H. The van der Waals surface area contributed by atoms with E-state index in [2.05, 4.69) is 283 Å². The topological polar surface area (TPSA) is 6.48 Å². The molecule has 16 rings (SSSR count). The Labute approximate surface area is 455 Å². The van der Waals surface area contributed by atoms with Crippen molar-refractivity contribution in [2.45, 2.75) is 0 Å². The highest BCUT2D eigenvalue weighted by atomic mass is 32.1. The molecular weight excluding hydrogens is 968 g/mol. The van der Waals surface area contributed by atoms with Gasteiger partial charge in [-0.05, 0) is 134 Å². The van der Waals surface area contributed by atoms with E-state index in [1.165, 1.54) is 135 Å². The minimum absolute atomic E-state index is 0.0981. The number of para-hydroxylation sites is 2. The van der Waals surface area contributed by atoms with Gasteiger partial charge in [0.2, 0.25) is 0 Å². The summed E-state index contributed by atoms with van der Waals surface area (Å²) in [5.74, 6) is 0. The molecule has 0 saturated carbocycles. The molecule has 0 saturated heterocycles. The van der Waals surface area contributed by atoms with Crippen molar-refractivity contribution in [3.63, 3.8) is 0 Å². The molecule has 0 unspecified atom stereocenters. The van der Waals surface area contributed by atoms with Crippen LogP contribution in [-0.4, -0.2) is 6.71 Å². The maximum absolute atomic E-state index is 2.62. The molecule has 4 heterocycles. The normalized spacial score (nSPS) is 12.6. The molecule has 12 aromatic carbocycles. The lowest BCUT2D eigenvalue weighted by Gasteiger charge is -2.45. The molecule has 0 radical (unpaired) electrons. The average Bonchev–Trinajstić information content (AvgIpc) is 4.25. The number of rotatable bonds is 7. The summed E-state index contributed by atoms with van der Waals surface area (Å²) in [7, 11) is 0. The van der Waals surface area contributed by atoms with Gasteiger partial charge in [-0.1, -0.05) is 200 Å². The molecule has 0 N–H and O–H groups in total. The third kappa shape index (κ3) is 7.08. The number of hydrogen-bond acceptors (Lipinski definition) is 4. The molecule has 2 aliphatic rings. The van der Waals surface area contributed by atoms with Crippen molar-refractivity contribution < 1.29 is 0 Å². The number of benzene rings is 12. The van der Waals surface area contributed by atoms with E-state index in [4.69, 9.17) is 0 Å². The van der Waals surface area contributed by atoms with Crippen molar-refractivity contribution in [3.8, 4) is 55.6 Å². The third-order valence-electron chi connectivity index (χ3n) is 16.0. The van der Waals surface area contributed by atoms with Gasteiger partial charge in [0.05, 0.1) is 11.4 Å². The molecule has 2 aliphatic heterocycles.